The van der Waals surface area contributed by atoms with Gasteiger partial charge in [0, 0.05) is 10.8 Å². The molecule has 0 aromatic heterocycles. The third kappa shape index (κ3) is 9.88. The minimum Gasteiger partial charge on any atom is -0.501 e. The fourth-order valence-electron chi connectivity index (χ4n) is 12.4. The molecule has 0 saturated carbocycles. The van der Waals surface area contributed by atoms with E-state index in [1.165, 1.54) is 44.5 Å². The topological polar surface area (TPSA) is 65.0 Å². The Balaban J connectivity index is 0.947. The van der Waals surface area contributed by atoms with Gasteiger partial charge in [0.2, 0.25) is 0 Å². The molecule has 78 heavy (non-hydrogen) atoms. The maximum Gasteiger partial charge on any atom is 0.321 e. The normalized spacial score (nSPS) is 14.0. The van der Waals surface area contributed by atoms with E-state index in [9.17, 15) is 9.90 Å². The third-order valence-corrected chi connectivity index (χ3v) is 18.2. The average molecular weight is 1040 g/mol. The Morgan fingerprint density at radius 2 is 1.06 bits per heavy atom. The van der Waals surface area contributed by atoms with E-state index >= 15 is 0 Å². The lowest BCUT2D eigenvalue weighted by Crippen LogP contribution is -2.57. The lowest BCUT2D eigenvalue weighted by molar-refractivity contribution is -0.165. The molecule has 0 heterocycles. The molecule has 5 nitrogen and oxygen atoms in total. The van der Waals surface area contributed by atoms with E-state index in [1.807, 2.05) is 36.4 Å². The van der Waals surface area contributed by atoms with Crippen molar-refractivity contribution in [3.63, 3.8) is 0 Å². The van der Waals surface area contributed by atoms with Crippen LogP contribution in [0.5, 0.6) is 17.2 Å². The Morgan fingerprint density at radius 3 is 1.56 bits per heavy atom. The second kappa shape index (κ2) is 22.4. The van der Waals surface area contributed by atoms with E-state index < -0.39 is 16.4 Å². The van der Waals surface area contributed by atoms with Gasteiger partial charge in [0.25, 0.3) is 0 Å². The highest BCUT2D eigenvalue weighted by atomic mass is 16.5. The second-order valence-electron chi connectivity index (χ2n) is 22.5. The molecule has 2 aliphatic rings. The molecule has 5 heteroatoms. The quantitative estimate of drug-likeness (QED) is 0.0468. The summed E-state index contributed by atoms with van der Waals surface area (Å²) < 4.78 is 20.0. The van der Waals surface area contributed by atoms with Crippen LogP contribution >= 0.6 is 0 Å². The van der Waals surface area contributed by atoms with Crippen LogP contribution in [0.25, 0.3) is 27.8 Å². The van der Waals surface area contributed by atoms with Crippen molar-refractivity contribution in [3.8, 4) is 39.5 Å². The summed E-state index contributed by atoms with van der Waals surface area (Å²) in [6.07, 6.45) is 11.9. The number of allylic oxidation sites excluding steroid dienone is 4. The van der Waals surface area contributed by atoms with Gasteiger partial charge in [0.05, 0.1) is 12.0 Å². The molecule has 0 saturated heterocycles. The van der Waals surface area contributed by atoms with E-state index in [1.54, 1.807) is 12.2 Å². The van der Waals surface area contributed by atoms with Gasteiger partial charge in [-0.2, -0.15) is 0 Å². The monoisotopic (exact) mass is 1030 g/mol. The van der Waals surface area contributed by atoms with E-state index in [-0.39, 0.29) is 22.6 Å². The molecule has 0 atom stereocenters. The summed E-state index contributed by atoms with van der Waals surface area (Å²) in [6.45, 7) is 24.7. The Bertz CT molecular complexity index is 3370. The molecule has 0 radical (unpaired) electrons. The van der Waals surface area contributed by atoms with Crippen LogP contribution in [0.15, 0.2) is 194 Å². The van der Waals surface area contributed by atoms with Crippen molar-refractivity contribution in [1.29, 1.82) is 0 Å². The van der Waals surface area contributed by atoms with Gasteiger partial charge in [-0.05, 0) is 173 Å². The maximum absolute atomic E-state index is 14.9. The molecule has 0 amide bonds. The molecule has 1 N–H and O–H groups in total. The van der Waals surface area contributed by atoms with Crippen LogP contribution in [0.4, 0.5) is 0 Å². The summed E-state index contributed by atoms with van der Waals surface area (Å²) in [7, 11) is 0. The average Bonchev–Trinajstić information content (AvgIpc) is 3.76. The van der Waals surface area contributed by atoms with Gasteiger partial charge >= 0.3 is 5.97 Å². The van der Waals surface area contributed by atoms with Crippen LogP contribution in [-0.4, -0.2) is 23.3 Å². The third-order valence-electron chi connectivity index (χ3n) is 18.2. The van der Waals surface area contributed by atoms with Crippen molar-refractivity contribution in [3.05, 3.63) is 244 Å². The number of ether oxygens (including phenoxy) is 3. The Kier molecular flexibility index (Phi) is 15.8. The second-order valence-corrected chi connectivity index (χ2v) is 22.5. The highest BCUT2D eigenvalue weighted by Gasteiger charge is 2.56. The number of rotatable bonds is 20. The maximum atomic E-state index is 14.9. The molecular formula is C73H78O5. The van der Waals surface area contributed by atoms with Crippen LogP contribution in [0.1, 0.15) is 151 Å². The number of hydrogen-bond acceptors (Lipinski definition) is 5. The Hall–Kier alpha value is -7.59. The lowest BCUT2D eigenvalue weighted by Gasteiger charge is -2.47. The minimum atomic E-state index is -0.918. The number of esters is 1. The van der Waals surface area contributed by atoms with Gasteiger partial charge in [-0.1, -0.05) is 208 Å². The van der Waals surface area contributed by atoms with Crippen molar-refractivity contribution < 1.29 is 24.1 Å². The summed E-state index contributed by atoms with van der Waals surface area (Å²) in [5, 5.41) is 10.1. The first-order valence-corrected chi connectivity index (χ1v) is 28.4. The molecule has 9 rings (SSSR count). The summed E-state index contributed by atoms with van der Waals surface area (Å²) in [6, 6.07) is 56.3. The first-order chi connectivity index (χ1) is 37.5. The van der Waals surface area contributed by atoms with E-state index in [0.29, 0.717) is 38.0 Å². The Morgan fingerprint density at radius 1 is 0.564 bits per heavy atom. The van der Waals surface area contributed by atoms with Crippen LogP contribution in [0.2, 0.25) is 0 Å². The fourth-order valence-corrected chi connectivity index (χ4v) is 12.4. The van der Waals surface area contributed by atoms with Gasteiger partial charge in [0.15, 0.2) is 5.76 Å². The predicted octanol–water partition coefficient (Wildman–Crippen LogP) is 18.8. The van der Waals surface area contributed by atoms with Gasteiger partial charge in [-0.25, -0.2) is 0 Å². The molecule has 0 unspecified atom stereocenters. The van der Waals surface area contributed by atoms with Crippen molar-refractivity contribution in [2.75, 3.05) is 6.61 Å². The zero-order valence-electron chi connectivity index (χ0n) is 47.9. The van der Waals surface area contributed by atoms with E-state index in [4.69, 9.17) is 14.2 Å². The number of carbonyl (C=O) groups is 1. The number of aliphatic hydroxyl groups is 1. The molecule has 0 fully saturated rings. The van der Waals surface area contributed by atoms with Gasteiger partial charge in [0.1, 0.15) is 28.3 Å². The van der Waals surface area contributed by atoms with Crippen molar-refractivity contribution in [2.24, 2.45) is 10.8 Å². The molecule has 0 aliphatic heterocycles. The largest absolute Gasteiger partial charge is 0.501 e. The molecule has 0 bridgehead atoms. The number of benzene rings is 7. The van der Waals surface area contributed by atoms with Crippen LogP contribution in [0, 0.1) is 24.7 Å². The number of fused-ring (bicyclic) bond motifs is 3. The summed E-state index contributed by atoms with van der Waals surface area (Å²) in [4.78, 5) is 14.9. The van der Waals surface area contributed by atoms with Crippen molar-refractivity contribution >= 4 is 11.5 Å². The zero-order chi connectivity index (χ0) is 55.5. The van der Waals surface area contributed by atoms with Gasteiger partial charge in [-0.3, -0.25) is 4.79 Å². The highest BCUT2D eigenvalue weighted by Crippen LogP contribution is 2.56. The molecular weight excluding hydrogens is 957 g/mol. The molecule has 7 aromatic rings. The van der Waals surface area contributed by atoms with E-state index in [0.717, 1.165) is 57.7 Å². The number of aryl methyl sites for hydroxylation is 2. The molecule has 7 aromatic carbocycles. The zero-order valence-corrected chi connectivity index (χ0v) is 47.9. The van der Waals surface area contributed by atoms with Gasteiger partial charge < -0.3 is 19.3 Å². The van der Waals surface area contributed by atoms with Crippen molar-refractivity contribution in [2.45, 2.75) is 131 Å². The summed E-state index contributed by atoms with van der Waals surface area (Å²) in [5.41, 5.74) is 16.5. The molecule has 0 spiro atoms. The van der Waals surface area contributed by atoms with Crippen LogP contribution in [0.3, 0.4) is 0 Å². The summed E-state index contributed by atoms with van der Waals surface area (Å²) in [5.74, 6) is 2.07. The number of aliphatic hydroxyl groups excluding tert-OH is 1. The van der Waals surface area contributed by atoms with E-state index in [2.05, 4.69) is 215 Å². The van der Waals surface area contributed by atoms with Gasteiger partial charge in [-0.15, -0.1) is 0 Å². The first-order valence-electron chi connectivity index (χ1n) is 28.4. The highest BCUT2D eigenvalue weighted by molar-refractivity contribution is 5.87. The smallest absolute Gasteiger partial charge is 0.321 e. The number of hydrogen-bond donors (Lipinski definition) is 1. The molecule has 2 aliphatic carbocycles. The SMILES string of the molecule is CCC(C)(CC)COc1ccc(C(C)(C)c2ccc(OC(CC)(CC)C(CC)(CC)C(=O)Oc3ccc(-c4ccc(C5(c6ccc(C7=CC=C=C(O)C=C7)cc6)c6ccccc6-c6ccccc65)cc4)cc3)c(C)c2)cc1C. The lowest BCUT2D eigenvalue weighted by atomic mass is 9.65. The molecule has 400 valence electrons. The minimum absolute atomic E-state index is 0.108. The first kappa shape index (κ1) is 55.2. The fraction of sp³-hybridized carbons (Fsp3) is 0.315. The standard InChI is InChI=1S/C73H78O5/c1-12-70(11,13-2)49-76-66-45-40-58(47-50(66)7)69(9,10)59-41-46-67(51(8)48-59)78-72(16-5,17-6)71(14-3,15-4)68(75)77-61-43-34-55(35-44-61)54-31-38-57(39-32-54)73(64-27-20-18-25-62(64)63-26-19-21-28-65(63)73)56-36-29-53(30-37-56)52-23-22-24-60(74)42-33-52/h18-23,25-48,74H,12-17,49H2,1-11H3. The van der Waals surface area contributed by atoms with Crippen LogP contribution < -0.4 is 14.2 Å². The van der Waals surface area contributed by atoms with Crippen molar-refractivity contribution in [1.82, 2.24) is 0 Å². The summed E-state index contributed by atoms with van der Waals surface area (Å²) >= 11 is 0. The predicted molar refractivity (Wildman–Crippen MR) is 322 cm³/mol. The Labute approximate surface area is 465 Å². The number of carbonyl (C=O) groups excluding carboxylic acids is 1. The van der Waals surface area contributed by atoms with Crippen LogP contribution in [-0.2, 0) is 15.6 Å².